The highest BCUT2D eigenvalue weighted by Crippen LogP contribution is 2.23. The van der Waals surface area contributed by atoms with Crippen molar-refractivity contribution in [2.24, 2.45) is 10.2 Å². The molecule has 6 nitrogen and oxygen atoms in total. The lowest BCUT2D eigenvalue weighted by molar-refractivity contribution is -0.118. The number of nitrogens with one attached hydrogen (secondary N) is 1. The van der Waals surface area contributed by atoms with E-state index in [2.05, 4.69) is 41.5 Å². The van der Waals surface area contributed by atoms with Crippen molar-refractivity contribution in [3.8, 4) is 0 Å². The summed E-state index contributed by atoms with van der Waals surface area (Å²) in [5, 5.41) is 11.2. The zero-order chi connectivity index (χ0) is 21.5. The van der Waals surface area contributed by atoms with E-state index >= 15 is 0 Å². The highest BCUT2D eigenvalue weighted by atomic mass is 32.2. The number of carbonyl (C=O) groups excluding carboxylic acids is 2. The molecule has 0 unspecified atom stereocenters. The number of nitrogens with zero attached hydrogens (tertiary/aromatic N) is 2. The van der Waals surface area contributed by atoms with Gasteiger partial charge in [0.15, 0.2) is 5.17 Å². The van der Waals surface area contributed by atoms with E-state index in [0.717, 1.165) is 11.1 Å². The molecule has 30 heavy (non-hydrogen) atoms. The van der Waals surface area contributed by atoms with Crippen LogP contribution in [0.4, 0.5) is 0 Å². The number of thioether (sulfide) groups is 1. The molecular formula is C23H25N3O3S. The average Bonchev–Trinajstić information content (AvgIpc) is 3.08. The summed E-state index contributed by atoms with van der Waals surface area (Å²) < 4.78 is 4.98. The molecule has 1 aliphatic rings. The summed E-state index contributed by atoms with van der Waals surface area (Å²) in [5.41, 5.74) is 3.69. The van der Waals surface area contributed by atoms with Gasteiger partial charge < -0.3 is 10.1 Å². The molecule has 2 aromatic carbocycles. The Morgan fingerprint density at radius 1 is 1.17 bits per heavy atom. The van der Waals surface area contributed by atoms with Crippen molar-refractivity contribution in [1.29, 1.82) is 0 Å². The van der Waals surface area contributed by atoms with Gasteiger partial charge in [-0.3, -0.25) is 4.79 Å². The van der Waals surface area contributed by atoms with Crippen LogP contribution in [-0.2, 0) is 16.0 Å². The van der Waals surface area contributed by atoms with Crippen LogP contribution in [0.1, 0.15) is 53.7 Å². The molecule has 1 saturated heterocycles. The second kappa shape index (κ2) is 10.2. The van der Waals surface area contributed by atoms with Crippen molar-refractivity contribution in [3.63, 3.8) is 0 Å². The molecule has 3 rings (SSSR count). The maximum atomic E-state index is 12.2. The quantitative estimate of drug-likeness (QED) is 0.412. The van der Waals surface area contributed by atoms with Crippen LogP contribution >= 0.6 is 11.8 Å². The third-order valence-corrected chi connectivity index (χ3v) is 5.69. The van der Waals surface area contributed by atoms with Gasteiger partial charge in [0.05, 0.1) is 23.6 Å². The van der Waals surface area contributed by atoms with E-state index in [9.17, 15) is 9.59 Å². The summed E-state index contributed by atoms with van der Waals surface area (Å²) in [5.74, 6) is 0.0486. The Labute approximate surface area is 180 Å². The van der Waals surface area contributed by atoms with Crippen LogP contribution in [0.5, 0.6) is 0 Å². The number of rotatable bonds is 7. The second-order valence-electron chi connectivity index (χ2n) is 7.19. The minimum Gasteiger partial charge on any atom is -0.462 e. The van der Waals surface area contributed by atoms with Gasteiger partial charge in [0.2, 0.25) is 5.91 Å². The number of hydrogen-bond donors (Lipinski definition) is 1. The molecule has 1 amide bonds. The molecule has 0 bridgehead atoms. The Morgan fingerprint density at radius 2 is 1.87 bits per heavy atom. The maximum Gasteiger partial charge on any atom is 0.338 e. The predicted octanol–water partition coefficient (Wildman–Crippen LogP) is 4.15. The zero-order valence-electron chi connectivity index (χ0n) is 17.3. The first-order valence-electron chi connectivity index (χ1n) is 9.91. The van der Waals surface area contributed by atoms with Gasteiger partial charge in [-0.2, -0.15) is 5.10 Å². The third-order valence-electron chi connectivity index (χ3n) is 4.62. The van der Waals surface area contributed by atoms with E-state index < -0.39 is 0 Å². The number of hydrogen-bond acceptors (Lipinski definition) is 6. The van der Waals surface area contributed by atoms with E-state index in [0.29, 0.717) is 29.7 Å². The topological polar surface area (TPSA) is 80.1 Å². The van der Waals surface area contributed by atoms with Gasteiger partial charge in [-0.15, -0.1) is 5.10 Å². The summed E-state index contributed by atoms with van der Waals surface area (Å²) in [6.45, 7) is 6.42. The van der Waals surface area contributed by atoms with Crippen molar-refractivity contribution in [3.05, 3.63) is 70.8 Å². The Kier molecular flexibility index (Phi) is 7.41. The maximum absolute atomic E-state index is 12.2. The molecule has 1 heterocycles. The van der Waals surface area contributed by atoms with Crippen molar-refractivity contribution >= 4 is 35.0 Å². The smallest absolute Gasteiger partial charge is 0.338 e. The van der Waals surface area contributed by atoms with Gasteiger partial charge in [-0.1, -0.05) is 62.0 Å². The molecule has 0 spiro atoms. The van der Waals surface area contributed by atoms with Crippen LogP contribution in [0.2, 0.25) is 0 Å². The van der Waals surface area contributed by atoms with Crippen LogP contribution < -0.4 is 5.32 Å². The van der Waals surface area contributed by atoms with Gasteiger partial charge in [0.1, 0.15) is 0 Å². The number of amidine groups is 1. The Balaban J connectivity index is 1.57. The lowest BCUT2D eigenvalue weighted by atomic mass is 10.0. The minimum atomic E-state index is -0.344. The van der Waals surface area contributed by atoms with Gasteiger partial charge in [-0.05, 0) is 48.1 Å². The van der Waals surface area contributed by atoms with Crippen molar-refractivity contribution in [2.75, 3.05) is 6.61 Å². The molecule has 1 fully saturated rings. The van der Waals surface area contributed by atoms with Gasteiger partial charge in [0.25, 0.3) is 0 Å². The number of benzene rings is 2. The largest absolute Gasteiger partial charge is 0.462 e. The van der Waals surface area contributed by atoms with Crippen LogP contribution in [-0.4, -0.2) is 35.1 Å². The predicted molar refractivity (Wildman–Crippen MR) is 121 cm³/mol. The molecule has 156 valence electrons. The van der Waals surface area contributed by atoms with Crippen LogP contribution in [0.25, 0.3) is 0 Å². The fraction of sp³-hybridized carbons (Fsp3) is 0.304. The number of carbonyl (C=O) groups is 2. The van der Waals surface area contributed by atoms with Crippen molar-refractivity contribution < 1.29 is 14.3 Å². The molecule has 7 heteroatoms. The Morgan fingerprint density at radius 3 is 2.50 bits per heavy atom. The van der Waals surface area contributed by atoms with Crippen molar-refractivity contribution in [1.82, 2.24) is 5.32 Å². The molecule has 0 saturated carbocycles. The van der Waals surface area contributed by atoms with E-state index in [-0.39, 0.29) is 17.1 Å². The molecule has 2 aromatic rings. The highest BCUT2D eigenvalue weighted by molar-refractivity contribution is 8.15. The van der Waals surface area contributed by atoms with E-state index in [1.165, 1.54) is 17.3 Å². The molecule has 0 aliphatic carbocycles. The number of ether oxygens (including phenoxy) is 1. The fourth-order valence-corrected chi connectivity index (χ4v) is 3.87. The van der Waals surface area contributed by atoms with Gasteiger partial charge in [-0.25, -0.2) is 4.79 Å². The standard InChI is InChI=1S/C23H25N3O3S/c1-4-29-22(28)19-11-5-16(6-12-19)13-20-21(27)25-23(30-20)26-24-14-17-7-9-18(10-8-17)15(2)3/h5-12,14-15,20H,4,13H2,1-3H3,(H,25,26,27)/b24-14-/t20-/m0/s1. The third kappa shape index (κ3) is 5.79. The van der Waals surface area contributed by atoms with E-state index in [1.807, 2.05) is 24.3 Å². The SMILES string of the molecule is CCOC(=O)c1ccc(C[C@@H]2S/C(=N/N=C\c3ccc(C(C)C)cc3)NC2=O)cc1. The number of esters is 1. The fourth-order valence-electron chi connectivity index (χ4n) is 2.91. The first kappa shape index (κ1) is 21.8. The van der Waals surface area contributed by atoms with Crippen LogP contribution in [0.3, 0.4) is 0 Å². The molecule has 0 aromatic heterocycles. The Hall–Kier alpha value is -2.93. The molecule has 1 N–H and O–H groups in total. The van der Waals surface area contributed by atoms with E-state index in [1.54, 1.807) is 25.3 Å². The monoisotopic (exact) mass is 423 g/mol. The summed E-state index contributed by atoms with van der Waals surface area (Å²) in [6.07, 6.45) is 2.21. The first-order chi connectivity index (χ1) is 14.5. The summed E-state index contributed by atoms with van der Waals surface area (Å²) in [7, 11) is 0. The lowest BCUT2D eigenvalue weighted by Gasteiger charge is -2.06. The minimum absolute atomic E-state index is 0.0929. The van der Waals surface area contributed by atoms with E-state index in [4.69, 9.17) is 4.74 Å². The number of amides is 1. The molecule has 1 aliphatic heterocycles. The molecule has 0 radical (unpaired) electrons. The lowest BCUT2D eigenvalue weighted by Crippen LogP contribution is -2.25. The van der Waals surface area contributed by atoms with Gasteiger partial charge in [0, 0.05) is 0 Å². The summed E-state index contributed by atoms with van der Waals surface area (Å²) in [4.78, 5) is 24.0. The average molecular weight is 424 g/mol. The summed E-state index contributed by atoms with van der Waals surface area (Å²) >= 11 is 1.36. The van der Waals surface area contributed by atoms with Crippen LogP contribution in [0, 0.1) is 0 Å². The summed E-state index contributed by atoms with van der Waals surface area (Å²) in [6, 6.07) is 15.3. The normalized spacial score (nSPS) is 17.7. The Bertz CT molecular complexity index is 951. The highest BCUT2D eigenvalue weighted by Gasteiger charge is 2.30. The molecule has 1 atom stereocenters. The zero-order valence-corrected chi connectivity index (χ0v) is 18.1. The van der Waals surface area contributed by atoms with Crippen molar-refractivity contribution in [2.45, 2.75) is 38.4 Å². The second-order valence-corrected chi connectivity index (χ2v) is 8.38. The molecular weight excluding hydrogens is 398 g/mol. The first-order valence-corrected chi connectivity index (χ1v) is 10.8. The van der Waals surface area contributed by atoms with Gasteiger partial charge >= 0.3 is 5.97 Å². The van der Waals surface area contributed by atoms with Crippen LogP contribution in [0.15, 0.2) is 58.7 Å².